The smallest absolute Gasteiger partial charge is 0.244 e. The number of anilines is 1. The summed E-state index contributed by atoms with van der Waals surface area (Å²) >= 11 is 0. The summed E-state index contributed by atoms with van der Waals surface area (Å²) in [5, 5.41) is 7.88. The first kappa shape index (κ1) is 18.4. The highest BCUT2D eigenvalue weighted by atomic mass is 32.2. The number of hydrogen-bond donors (Lipinski definition) is 1. The normalized spacial score (nSPS) is 19.4. The molecule has 0 spiro atoms. The molecule has 146 valence electrons. The van der Waals surface area contributed by atoms with E-state index in [-0.39, 0.29) is 4.90 Å². The largest absolute Gasteiger partial charge is 0.364 e. The van der Waals surface area contributed by atoms with Crippen LogP contribution in [0.25, 0.3) is 0 Å². The zero-order chi connectivity index (χ0) is 18.7. The van der Waals surface area contributed by atoms with Crippen molar-refractivity contribution >= 4 is 15.8 Å². The molecule has 0 amide bonds. The molecular formula is C19H27N5O2S. The molecule has 4 rings (SSSR count). The van der Waals surface area contributed by atoms with Crippen LogP contribution >= 0.6 is 0 Å². The molecular weight excluding hydrogens is 362 g/mol. The third-order valence-corrected chi connectivity index (χ3v) is 7.38. The highest BCUT2D eigenvalue weighted by molar-refractivity contribution is 7.89. The number of sulfonamides is 1. The minimum Gasteiger partial charge on any atom is -0.364 e. The molecule has 1 aliphatic heterocycles. The van der Waals surface area contributed by atoms with E-state index < -0.39 is 10.0 Å². The van der Waals surface area contributed by atoms with E-state index in [9.17, 15) is 8.42 Å². The molecule has 0 aromatic carbocycles. The van der Waals surface area contributed by atoms with Crippen LogP contribution in [0.4, 0.5) is 5.82 Å². The highest BCUT2D eigenvalue weighted by Crippen LogP contribution is 2.28. The Balaban J connectivity index is 1.36. The van der Waals surface area contributed by atoms with Crippen LogP contribution in [0.3, 0.4) is 0 Å². The van der Waals surface area contributed by atoms with Crippen LogP contribution in [0.15, 0.2) is 35.5 Å². The first-order chi connectivity index (χ1) is 13.1. The van der Waals surface area contributed by atoms with Gasteiger partial charge in [0.05, 0.1) is 18.3 Å². The van der Waals surface area contributed by atoms with E-state index in [2.05, 4.69) is 26.3 Å². The fourth-order valence-corrected chi connectivity index (χ4v) is 5.38. The van der Waals surface area contributed by atoms with Gasteiger partial charge < -0.3 is 5.32 Å². The summed E-state index contributed by atoms with van der Waals surface area (Å²) in [6, 6.07) is 5.93. The third kappa shape index (κ3) is 4.16. The van der Waals surface area contributed by atoms with Crippen molar-refractivity contribution in [2.24, 2.45) is 0 Å². The summed E-state index contributed by atoms with van der Waals surface area (Å²) in [6.45, 7) is 1.78. The molecule has 0 bridgehead atoms. The Morgan fingerprint density at radius 3 is 2.52 bits per heavy atom. The molecule has 1 saturated heterocycles. The van der Waals surface area contributed by atoms with E-state index in [1.807, 2.05) is 6.07 Å². The average molecular weight is 390 g/mol. The number of nitrogens with one attached hydrogen (secondary N) is 1. The number of piperidine rings is 1. The van der Waals surface area contributed by atoms with Gasteiger partial charge in [-0.15, -0.1) is 0 Å². The molecule has 0 atom stereocenters. The van der Waals surface area contributed by atoms with Gasteiger partial charge in [-0.3, -0.25) is 4.68 Å². The van der Waals surface area contributed by atoms with Gasteiger partial charge in [0.15, 0.2) is 0 Å². The van der Waals surface area contributed by atoms with Crippen molar-refractivity contribution in [3.8, 4) is 0 Å². The van der Waals surface area contributed by atoms with E-state index in [1.54, 1.807) is 16.4 Å². The molecule has 1 saturated carbocycles. The third-order valence-electron chi connectivity index (χ3n) is 5.50. The topological polar surface area (TPSA) is 80.1 Å². The minimum atomic E-state index is -3.42. The molecule has 1 N–H and O–H groups in total. The van der Waals surface area contributed by atoms with Crippen molar-refractivity contribution in [2.45, 2.75) is 62.4 Å². The van der Waals surface area contributed by atoms with Crippen molar-refractivity contribution in [3.05, 3.63) is 36.3 Å². The fraction of sp³-hybridized carbons (Fsp3) is 0.579. The van der Waals surface area contributed by atoms with Crippen LogP contribution in [0.2, 0.25) is 0 Å². The van der Waals surface area contributed by atoms with Crippen molar-refractivity contribution < 1.29 is 8.42 Å². The Hall–Kier alpha value is -1.93. The average Bonchev–Trinajstić information content (AvgIpc) is 3.39. The first-order valence-electron chi connectivity index (χ1n) is 9.87. The monoisotopic (exact) mass is 389 g/mol. The minimum absolute atomic E-state index is 0.264. The van der Waals surface area contributed by atoms with Crippen LogP contribution in [-0.4, -0.2) is 40.6 Å². The lowest BCUT2D eigenvalue weighted by molar-refractivity contribution is 0.346. The Bertz CT molecular complexity index is 850. The van der Waals surface area contributed by atoms with Crippen LogP contribution in [0.1, 0.15) is 56.7 Å². The van der Waals surface area contributed by atoms with Gasteiger partial charge in [-0.1, -0.05) is 19.3 Å². The predicted octanol–water partition coefficient (Wildman–Crippen LogP) is 3.18. The van der Waals surface area contributed by atoms with E-state index >= 15 is 0 Å². The van der Waals surface area contributed by atoms with Crippen LogP contribution < -0.4 is 5.32 Å². The molecule has 27 heavy (non-hydrogen) atoms. The second-order valence-corrected chi connectivity index (χ2v) is 9.36. The Kier molecular flexibility index (Phi) is 5.45. The van der Waals surface area contributed by atoms with E-state index in [0.29, 0.717) is 31.5 Å². The molecule has 8 heteroatoms. The number of nitrogens with zero attached hydrogens (tertiary/aromatic N) is 4. The molecule has 0 unspecified atom stereocenters. The zero-order valence-electron chi connectivity index (χ0n) is 15.5. The maximum atomic E-state index is 12.7. The van der Waals surface area contributed by atoms with Crippen molar-refractivity contribution in [2.75, 3.05) is 18.4 Å². The van der Waals surface area contributed by atoms with Crippen LogP contribution in [-0.2, 0) is 16.6 Å². The van der Waals surface area contributed by atoms with Crippen LogP contribution in [0.5, 0.6) is 0 Å². The van der Waals surface area contributed by atoms with E-state index in [1.165, 1.54) is 31.9 Å². The molecule has 2 aliphatic rings. The highest BCUT2D eigenvalue weighted by Gasteiger charge is 2.26. The first-order valence-corrected chi connectivity index (χ1v) is 11.3. The molecule has 2 aromatic heterocycles. The zero-order valence-corrected chi connectivity index (χ0v) is 16.4. The second-order valence-electron chi connectivity index (χ2n) is 7.42. The standard InChI is InChI=1S/C19H27N5O2S/c25-27(26,23-11-4-1-5-12-23)18-8-9-19(21-15-18)20-14-16-10-13-24(22-16)17-6-2-3-7-17/h8-10,13,15,17H,1-7,11-12,14H2,(H,20,21). The van der Waals surface area contributed by atoms with Gasteiger partial charge in [0.2, 0.25) is 10.0 Å². The molecule has 7 nitrogen and oxygen atoms in total. The Labute approximate surface area is 160 Å². The quantitative estimate of drug-likeness (QED) is 0.821. The summed E-state index contributed by atoms with van der Waals surface area (Å²) in [6.07, 6.45) is 11.5. The van der Waals surface area contributed by atoms with Gasteiger partial charge >= 0.3 is 0 Å². The summed E-state index contributed by atoms with van der Waals surface area (Å²) in [5.41, 5.74) is 0.966. The predicted molar refractivity (Wildman–Crippen MR) is 104 cm³/mol. The second kappa shape index (κ2) is 7.98. The van der Waals surface area contributed by atoms with Gasteiger partial charge in [0, 0.05) is 25.5 Å². The Morgan fingerprint density at radius 2 is 1.81 bits per heavy atom. The number of rotatable bonds is 6. The van der Waals surface area contributed by atoms with Gasteiger partial charge in [0.25, 0.3) is 0 Å². The summed E-state index contributed by atoms with van der Waals surface area (Å²) in [7, 11) is -3.42. The summed E-state index contributed by atoms with van der Waals surface area (Å²) < 4.78 is 29.0. The maximum Gasteiger partial charge on any atom is 0.244 e. The van der Waals surface area contributed by atoms with E-state index in [0.717, 1.165) is 25.0 Å². The SMILES string of the molecule is O=S(=O)(c1ccc(NCc2ccn(C3CCCC3)n2)nc1)N1CCCCC1. The van der Waals surface area contributed by atoms with Gasteiger partial charge in [-0.05, 0) is 43.9 Å². The summed E-state index contributed by atoms with van der Waals surface area (Å²) in [5.74, 6) is 0.656. The Morgan fingerprint density at radius 1 is 1.04 bits per heavy atom. The lowest BCUT2D eigenvalue weighted by Crippen LogP contribution is -2.35. The summed E-state index contributed by atoms with van der Waals surface area (Å²) in [4.78, 5) is 4.55. The van der Waals surface area contributed by atoms with Gasteiger partial charge in [-0.2, -0.15) is 9.40 Å². The fourth-order valence-electron chi connectivity index (χ4n) is 3.92. The van der Waals surface area contributed by atoms with Crippen molar-refractivity contribution in [1.29, 1.82) is 0 Å². The van der Waals surface area contributed by atoms with Gasteiger partial charge in [0.1, 0.15) is 10.7 Å². The molecule has 1 aliphatic carbocycles. The van der Waals surface area contributed by atoms with E-state index in [4.69, 9.17) is 0 Å². The van der Waals surface area contributed by atoms with Crippen molar-refractivity contribution in [1.82, 2.24) is 19.1 Å². The van der Waals surface area contributed by atoms with Crippen LogP contribution in [0, 0.1) is 0 Å². The number of aromatic nitrogens is 3. The molecule has 0 radical (unpaired) electrons. The van der Waals surface area contributed by atoms with Gasteiger partial charge in [-0.25, -0.2) is 13.4 Å². The molecule has 2 aromatic rings. The number of pyridine rings is 1. The lowest BCUT2D eigenvalue weighted by atomic mass is 10.2. The maximum absolute atomic E-state index is 12.7. The number of hydrogen-bond acceptors (Lipinski definition) is 5. The molecule has 2 fully saturated rings. The van der Waals surface area contributed by atoms with Crippen molar-refractivity contribution in [3.63, 3.8) is 0 Å². The lowest BCUT2D eigenvalue weighted by Gasteiger charge is -2.25. The molecule has 3 heterocycles.